The van der Waals surface area contributed by atoms with Gasteiger partial charge in [-0.3, -0.25) is 10.1 Å². The lowest BCUT2D eigenvalue weighted by Gasteiger charge is -2.18. The fraction of sp³-hybridized carbons (Fsp3) is 0.800. The number of carbonyl (C=O) groups excluding carboxylic acids is 2. The lowest BCUT2D eigenvalue weighted by molar-refractivity contribution is -0.121. The molecule has 3 amide bonds. The molecule has 0 saturated carbocycles. The van der Waals surface area contributed by atoms with Gasteiger partial charge in [-0.2, -0.15) is 11.8 Å². The monoisotopic (exact) mass is 247 g/mol. The highest BCUT2D eigenvalue weighted by Crippen LogP contribution is 1.97. The van der Waals surface area contributed by atoms with E-state index in [0.29, 0.717) is 6.54 Å². The number of thioether (sulfide) groups is 1. The average molecular weight is 247 g/mol. The number of hydrogen-bond donors (Lipinski definition) is 3. The van der Waals surface area contributed by atoms with Crippen LogP contribution in [0.2, 0.25) is 0 Å². The molecular weight excluding hydrogens is 226 g/mol. The van der Waals surface area contributed by atoms with Gasteiger partial charge in [0.05, 0.1) is 6.04 Å². The molecule has 16 heavy (non-hydrogen) atoms. The first-order chi connectivity index (χ1) is 7.51. The van der Waals surface area contributed by atoms with Crippen molar-refractivity contribution in [2.45, 2.75) is 32.9 Å². The van der Waals surface area contributed by atoms with Crippen molar-refractivity contribution < 1.29 is 9.59 Å². The summed E-state index contributed by atoms with van der Waals surface area (Å²) in [6, 6.07) is -0.576. The topological polar surface area (TPSA) is 70.2 Å². The summed E-state index contributed by atoms with van der Waals surface area (Å²) in [7, 11) is 0. The number of imide groups is 1. The highest BCUT2D eigenvalue weighted by Gasteiger charge is 2.16. The second-order valence-electron chi connectivity index (χ2n) is 3.59. The zero-order chi connectivity index (χ0) is 12.6. The predicted molar refractivity (Wildman–Crippen MR) is 67.7 cm³/mol. The predicted octanol–water partition coefficient (Wildman–Crippen LogP) is 0.562. The summed E-state index contributed by atoms with van der Waals surface area (Å²) >= 11 is 1.71. The van der Waals surface area contributed by atoms with Gasteiger partial charge in [-0.05, 0) is 27.0 Å². The molecular formula is C10H21N3O2S. The summed E-state index contributed by atoms with van der Waals surface area (Å²) in [4.78, 5) is 22.6. The molecule has 5 nitrogen and oxygen atoms in total. The SMILES string of the molecule is CCNC(=O)NC(=O)C(C)NC(C)CSC. The highest BCUT2D eigenvalue weighted by atomic mass is 32.2. The van der Waals surface area contributed by atoms with Gasteiger partial charge in [0, 0.05) is 18.3 Å². The number of amides is 3. The molecule has 0 rings (SSSR count). The van der Waals surface area contributed by atoms with E-state index in [2.05, 4.69) is 16.0 Å². The summed E-state index contributed by atoms with van der Waals surface area (Å²) < 4.78 is 0. The molecule has 0 aromatic rings. The van der Waals surface area contributed by atoms with E-state index < -0.39 is 6.03 Å². The van der Waals surface area contributed by atoms with E-state index in [-0.39, 0.29) is 18.0 Å². The van der Waals surface area contributed by atoms with Crippen LogP contribution in [0.25, 0.3) is 0 Å². The smallest absolute Gasteiger partial charge is 0.321 e. The van der Waals surface area contributed by atoms with Gasteiger partial charge in [0.2, 0.25) is 5.91 Å². The van der Waals surface area contributed by atoms with Gasteiger partial charge in [0.15, 0.2) is 0 Å². The van der Waals surface area contributed by atoms with E-state index in [1.54, 1.807) is 25.6 Å². The van der Waals surface area contributed by atoms with Gasteiger partial charge in [-0.15, -0.1) is 0 Å². The van der Waals surface area contributed by atoms with Crippen molar-refractivity contribution in [1.82, 2.24) is 16.0 Å². The van der Waals surface area contributed by atoms with Gasteiger partial charge >= 0.3 is 6.03 Å². The molecule has 0 aliphatic rings. The van der Waals surface area contributed by atoms with Crippen molar-refractivity contribution in [2.75, 3.05) is 18.6 Å². The molecule has 0 bridgehead atoms. The second kappa shape index (κ2) is 8.41. The van der Waals surface area contributed by atoms with Crippen LogP contribution < -0.4 is 16.0 Å². The maximum atomic E-state index is 11.5. The Kier molecular flexibility index (Phi) is 8.01. The molecule has 0 fully saturated rings. The third-order valence-electron chi connectivity index (χ3n) is 1.92. The summed E-state index contributed by atoms with van der Waals surface area (Å²) in [5.74, 6) is 0.623. The minimum Gasteiger partial charge on any atom is -0.338 e. The van der Waals surface area contributed by atoms with Crippen LogP contribution in [0, 0.1) is 0 Å². The maximum Gasteiger partial charge on any atom is 0.321 e. The quantitative estimate of drug-likeness (QED) is 0.641. The van der Waals surface area contributed by atoms with E-state index >= 15 is 0 Å². The van der Waals surface area contributed by atoms with Crippen molar-refractivity contribution in [3.8, 4) is 0 Å². The summed E-state index contributed by atoms with van der Waals surface area (Å²) in [5, 5.41) is 7.89. The molecule has 3 N–H and O–H groups in total. The molecule has 0 heterocycles. The van der Waals surface area contributed by atoms with Gasteiger partial charge in [0.1, 0.15) is 0 Å². The van der Waals surface area contributed by atoms with Gasteiger partial charge in [-0.25, -0.2) is 4.79 Å². The molecule has 0 radical (unpaired) electrons. The molecule has 0 aromatic heterocycles. The molecule has 0 aliphatic carbocycles. The van der Waals surface area contributed by atoms with E-state index in [0.717, 1.165) is 5.75 Å². The van der Waals surface area contributed by atoms with Crippen LogP contribution in [0.3, 0.4) is 0 Å². The first-order valence-corrected chi connectivity index (χ1v) is 6.74. The number of nitrogens with one attached hydrogen (secondary N) is 3. The van der Waals surface area contributed by atoms with E-state index in [1.807, 2.05) is 13.2 Å². The summed E-state index contributed by atoms with van der Waals surface area (Å²) in [6.45, 7) is 6.05. The Hall–Kier alpha value is -0.750. The van der Waals surface area contributed by atoms with Gasteiger partial charge < -0.3 is 10.6 Å². The third-order valence-corrected chi connectivity index (χ3v) is 2.75. The normalized spacial score (nSPS) is 14.0. The van der Waals surface area contributed by atoms with Crippen LogP contribution in [0.4, 0.5) is 4.79 Å². The van der Waals surface area contributed by atoms with Crippen molar-refractivity contribution in [2.24, 2.45) is 0 Å². The molecule has 2 atom stereocenters. The molecule has 0 spiro atoms. The summed E-state index contributed by atoms with van der Waals surface area (Å²) in [6.07, 6.45) is 2.01. The Morgan fingerprint density at radius 1 is 1.31 bits per heavy atom. The Bertz CT molecular complexity index is 236. The Morgan fingerprint density at radius 3 is 2.44 bits per heavy atom. The van der Waals surface area contributed by atoms with Crippen LogP contribution in [-0.4, -0.2) is 42.6 Å². The van der Waals surface area contributed by atoms with Crippen molar-refractivity contribution in [3.63, 3.8) is 0 Å². The summed E-state index contributed by atoms with van der Waals surface area (Å²) in [5.41, 5.74) is 0. The number of rotatable bonds is 6. The minimum absolute atomic E-state index is 0.241. The average Bonchev–Trinajstić information content (AvgIpc) is 2.17. The minimum atomic E-state index is -0.446. The van der Waals surface area contributed by atoms with Crippen LogP contribution in [-0.2, 0) is 4.79 Å². The fourth-order valence-corrected chi connectivity index (χ4v) is 1.82. The molecule has 94 valence electrons. The van der Waals surface area contributed by atoms with Crippen molar-refractivity contribution >= 4 is 23.7 Å². The molecule has 0 saturated heterocycles. The molecule has 6 heteroatoms. The zero-order valence-electron chi connectivity index (χ0n) is 10.3. The van der Waals surface area contributed by atoms with Crippen LogP contribution in [0.15, 0.2) is 0 Å². The molecule has 0 aliphatic heterocycles. The first-order valence-electron chi connectivity index (χ1n) is 5.34. The van der Waals surface area contributed by atoms with E-state index in [4.69, 9.17) is 0 Å². The van der Waals surface area contributed by atoms with Gasteiger partial charge in [-0.1, -0.05) is 0 Å². The van der Waals surface area contributed by atoms with Crippen LogP contribution in [0.5, 0.6) is 0 Å². The standard InChI is InChI=1S/C10H21N3O2S/c1-5-11-10(15)13-9(14)8(3)12-7(2)6-16-4/h7-8,12H,5-6H2,1-4H3,(H2,11,13,14,15). The van der Waals surface area contributed by atoms with E-state index in [9.17, 15) is 9.59 Å². The third kappa shape index (κ3) is 6.68. The molecule has 2 unspecified atom stereocenters. The molecule has 0 aromatic carbocycles. The van der Waals surface area contributed by atoms with Crippen LogP contribution in [0.1, 0.15) is 20.8 Å². The second-order valence-corrected chi connectivity index (χ2v) is 4.50. The van der Waals surface area contributed by atoms with Gasteiger partial charge in [0.25, 0.3) is 0 Å². The lowest BCUT2D eigenvalue weighted by Crippen LogP contribution is -2.50. The maximum absolute atomic E-state index is 11.5. The Morgan fingerprint density at radius 2 is 1.94 bits per heavy atom. The zero-order valence-corrected chi connectivity index (χ0v) is 11.1. The Labute approximate surface area is 101 Å². The largest absolute Gasteiger partial charge is 0.338 e. The Balaban J connectivity index is 3.94. The number of carbonyl (C=O) groups is 2. The first kappa shape index (κ1) is 15.2. The van der Waals surface area contributed by atoms with Crippen LogP contribution >= 0.6 is 11.8 Å². The highest BCUT2D eigenvalue weighted by molar-refractivity contribution is 7.98. The number of hydrogen-bond acceptors (Lipinski definition) is 4. The van der Waals surface area contributed by atoms with E-state index in [1.165, 1.54) is 0 Å². The van der Waals surface area contributed by atoms with Crippen molar-refractivity contribution in [3.05, 3.63) is 0 Å². The van der Waals surface area contributed by atoms with Crippen molar-refractivity contribution in [1.29, 1.82) is 0 Å². The fourth-order valence-electron chi connectivity index (χ4n) is 1.23. The number of urea groups is 1. The lowest BCUT2D eigenvalue weighted by atomic mass is 10.2.